The zero-order valence-electron chi connectivity index (χ0n) is 29.5. The standard InChI is InChI=1S/C35H50ClN3O9/c1-19(2)38(7)22(5)32(41)47-28-17-29(40)39(8)24-15-23(16-25(44-9)30(24)36)14-20(3)12-11-13-27(45-10)35(43)18-26(46-33(42)37-35)21(4)31-34(28,6)48-31/h11-13,15-16,19,21-22,26-28,31,43H,14,17-18H2,1-10H3,(H,37,42)/b13-11-,20-12+/t21-,22+,26+,27-,28-,31?,34+,35+/m1/s1. The highest BCUT2D eigenvalue weighted by Crippen LogP contribution is 2.49. The molecule has 2 saturated heterocycles. The van der Waals surface area contributed by atoms with Gasteiger partial charge in [0.25, 0.3) is 0 Å². The monoisotopic (exact) mass is 691 g/mol. The number of hydrogen-bond donors (Lipinski definition) is 2. The van der Waals surface area contributed by atoms with Crippen molar-refractivity contribution in [3.8, 4) is 5.75 Å². The fourth-order valence-electron chi connectivity index (χ4n) is 6.46. The molecule has 13 heteroatoms. The van der Waals surface area contributed by atoms with Gasteiger partial charge in [-0.25, -0.2) is 4.79 Å². The molecule has 3 aliphatic rings. The maximum atomic E-state index is 14.0. The van der Waals surface area contributed by atoms with E-state index in [1.807, 2.05) is 57.9 Å². The molecule has 0 radical (unpaired) electrons. The second-order valence-corrected chi connectivity index (χ2v) is 14.0. The Morgan fingerprint density at radius 3 is 2.54 bits per heavy atom. The van der Waals surface area contributed by atoms with Crippen LogP contribution in [-0.2, 0) is 35.0 Å². The van der Waals surface area contributed by atoms with Crippen LogP contribution in [0.5, 0.6) is 5.75 Å². The predicted octanol–water partition coefficient (Wildman–Crippen LogP) is 4.40. The summed E-state index contributed by atoms with van der Waals surface area (Å²) >= 11 is 6.74. The van der Waals surface area contributed by atoms with E-state index in [1.165, 1.54) is 19.1 Å². The summed E-state index contributed by atoms with van der Waals surface area (Å²) in [4.78, 5) is 43.6. The van der Waals surface area contributed by atoms with Gasteiger partial charge >= 0.3 is 12.1 Å². The number of anilines is 1. The minimum absolute atomic E-state index is 0.00609. The Morgan fingerprint density at radius 1 is 1.23 bits per heavy atom. The highest BCUT2D eigenvalue weighted by Gasteiger charge is 2.64. The fraction of sp³-hybridized carbons (Fsp3) is 0.629. The molecular weight excluding hydrogens is 642 g/mol. The number of esters is 1. The molecule has 4 bridgehead atoms. The number of nitrogens with one attached hydrogen (secondary N) is 1. The van der Waals surface area contributed by atoms with Gasteiger partial charge in [0, 0.05) is 32.5 Å². The zero-order valence-corrected chi connectivity index (χ0v) is 30.3. The average Bonchev–Trinajstić information content (AvgIpc) is 3.73. The molecule has 3 heterocycles. The van der Waals surface area contributed by atoms with Gasteiger partial charge in [0.1, 0.15) is 40.7 Å². The first-order chi connectivity index (χ1) is 22.4. The van der Waals surface area contributed by atoms with Crippen LogP contribution >= 0.6 is 11.6 Å². The number of carbonyl (C=O) groups excluding carboxylic acids is 3. The lowest BCUT2D eigenvalue weighted by Crippen LogP contribution is -2.63. The molecule has 266 valence electrons. The van der Waals surface area contributed by atoms with E-state index < -0.39 is 59.8 Å². The fourth-order valence-corrected chi connectivity index (χ4v) is 6.77. The number of halogens is 1. The molecule has 2 N–H and O–H groups in total. The maximum absolute atomic E-state index is 14.0. The lowest BCUT2D eigenvalue weighted by molar-refractivity contribution is -0.159. The lowest BCUT2D eigenvalue weighted by Gasteiger charge is -2.42. The number of hydrogen-bond acceptors (Lipinski definition) is 10. The molecule has 1 unspecified atom stereocenters. The topological polar surface area (TPSA) is 139 Å². The number of rotatable bonds is 6. The zero-order chi connectivity index (χ0) is 35.7. The van der Waals surface area contributed by atoms with Gasteiger partial charge in [-0.3, -0.25) is 19.8 Å². The number of alkyl carbamates (subject to hydrolysis) is 1. The number of amides is 2. The maximum Gasteiger partial charge on any atom is 0.409 e. The minimum atomic E-state index is -1.78. The first kappa shape index (κ1) is 37.7. The predicted molar refractivity (Wildman–Crippen MR) is 181 cm³/mol. The van der Waals surface area contributed by atoms with Crippen molar-refractivity contribution in [3.63, 3.8) is 0 Å². The minimum Gasteiger partial charge on any atom is -0.495 e. The lowest BCUT2D eigenvalue weighted by atomic mass is 9.83. The van der Waals surface area contributed by atoms with Crippen LogP contribution in [0.4, 0.5) is 10.5 Å². The number of allylic oxidation sites excluding steroid dienone is 3. The van der Waals surface area contributed by atoms with E-state index in [4.69, 9.17) is 35.3 Å². The molecule has 1 aromatic rings. The van der Waals surface area contributed by atoms with Crippen molar-refractivity contribution >= 4 is 35.3 Å². The third-order valence-corrected chi connectivity index (χ3v) is 10.4. The van der Waals surface area contributed by atoms with Crippen LogP contribution in [0.3, 0.4) is 0 Å². The molecule has 0 spiro atoms. The number of likely N-dealkylation sites (N-methyl/N-ethyl adjacent to an activating group) is 1. The molecule has 3 aliphatic heterocycles. The second kappa shape index (κ2) is 14.8. The number of methoxy groups -OCH3 is 2. The smallest absolute Gasteiger partial charge is 0.409 e. The summed E-state index contributed by atoms with van der Waals surface area (Å²) in [7, 11) is 6.41. The number of benzene rings is 1. The second-order valence-electron chi connectivity index (χ2n) is 13.7. The summed E-state index contributed by atoms with van der Waals surface area (Å²) in [5.74, 6) is -0.920. The van der Waals surface area contributed by atoms with Gasteiger partial charge in [0.05, 0.1) is 25.3 Å². The van der Waals surface area contributed by atoms with Gasteiger partial charge < -0.3 is 33.7 Å². The molecule has 0 aromatic heterocycles. The van der Waals surface area contributed by atoms with Gasteiger partial charge in [-0.05, 0) is 65.8 Å². The number of carbonyl (C=O) groups is 3. The normalized spacial score (nSPS) is 33.6. The Bertz CT molecular complexity index is 1450. The van der Waals surface area contributed by atoms with E-state index in [9.17, 15) is 19.5 Å². The van der Waals surface area contributed by atoms with Crippen molar-refractivity contribution in [2.45, 2.75) is 109 Å². The average molecular weight is 692 g/mol. The highest BCUT2D eigenvalue weighted by atomic mass is 35.5. The summed E-state index contributed by atoms with van der Waals surface area (Å²) in [6, 6.07) is 3.11. The van der Waals surface area contributed by atoms with Gasteiger partial charge in [0.15, 0.2) is 5.72 Å². The first-order valence-electron chi connectivity index (χ1n) is 16.3. The Kier molecular flexibility index (Phi) is 11.6. The van der Waals surface area contributed by atoms with Crippen LogP contribution in [0.15, 0.2) is 35.9 Å². The van der Waals surface area contributed by atoms with E-state index in [0.717, 1.165) is 11.1 Å². The third-order valence-electron chi connectivity index (χ3n) is 9.98. The molecular formula is C35H50ClN3O9. The summed E-state index contributed by atoms with van der Waals surface area (Å²) in [6.45, 7) is 11.2. The highest BCUT2D eigenvalue weighted by molar-refractivity contribution is 6.35. The van der Waals surface area contributed by atoms with Gasteiger partial charge in [-0.2, -0.15) is 0 Å². The summed E-state index contributed by atoms with van der Waals surface area (Å²) < 4.78 is 29.2. The van der Waals surface area contributed by atoms with Crippen LogP contribution in [0.25, 0.3) is 0 Å². The SMILES string of the molecule is COc1cc2cc(c1Cl)N(C)C(=O)C[C@@H](OC(=O)[C@H](C)N(C)C(C)C)[C@]1(C)OC1[C@H](C)[C@@H]1C[C@@](O)(NC(=O)O1)[C@H](OC)/C=C\C=C(/C)C2. The third kappa shape index (κ3) is 7.83. The first-order valence-corrected chi connectivity index (χ1v) is 16.6. The van der Waals surface area contributed by atoms with Crippen LogP contribution in [0.2, 0.25) is 5.02 Å². The van der Waals surface area contributed by atoms with Crippen molar-refractivity contribution in [2.24, 2.45) is 5.92 Å². The van der Waals surface area contributed by atoms with Gasteiger partial charge in [-0.1, -0.05) is 42.3 Å². The molecule has 2 fully saturated rings. The van der Waals surface area contributed by atoms with E-state index in [0.29, 0.717) is 17.9 Å². The number of aliphatic hydroxyl groups is 1. The van der Waals surface area contributed by atoms with Crippen molar-refractivity contribution in [1.82, 2.24) is 10.2 Å². The molecule has 0 aliphatic carbocycles. The molecule has 8 atom stereocenters. The van der Waals surface area contributed by atoms with E-state index >= 15 is 0 Å². The number of fused-ring (bicyclic) bond motifs is 5. The molecule has 1 aromatic carbocycles. The van der Waals surface area contributed by atoms with Crippen molar-refractivity contribution in [2.75, 3.05) is 33.2 Å². The quantitative estimate of drug-likeness (QED) is 0.326. The molecule has 0 saturated carbocycles. The summed E-state index contributed by atoms with van der Waals surface area (Å²) in [6.07, 6.45) is 1.52. The number of epoxide rings is 1. The van der Waals surface area contributed by atoms with Crippen molar-refractivity contribution in [1.29, 1.82) is 0 Å². The van der Waals surface area contributed by atoms with Crippen LogP contribution < -0.4 is 15.0 Å². The van der Waals surface area contributed by atoms with Gasteiger partial charge in [-0.15, -0.1) is 0 Å². The Labute approximate surface area is 288 Å². The van der Waals surface area contributed by atoms with E-state index in [1.54, 1.807) is 33.0 Å². The largest absolute Gasteiger partial charge is 0.495 e. The number of ether oxygens (including phenoxy) is 5. The Hall–Kier alpha value is -3.16. The molecule has 12 nitrogen and oxygen atoms in total. The summed E-state index contributed by atoms with van der Waals surface area (Å²) in [5.41, 5.74) is -0.654. The molecule has 48 heavy (non-hydrogen) atoms. The van der Waals surface area contributed by atoms with Crippen LogP contribution in [-0.4, -0.2) is 104 Å². The Balaban J connectivity index is 1.79. The van der Waals surface area contributed by atoms with E-state index in [2.05, 4.69) is 5.32 Å². The molecule has 2 amide bonds. The van der Waals surface area contributed by atoms with Crippen LogP contribution in [0.1, 0.15) is 59.9 Å². The van der Waals surface area contributed by atoms with Crippen LogP contribution in [0, 0.1) is 5.92 Å². The summed E-state index contributed by atoms with van der Waals surface area (Å²) in [5, 5.41) is 14.5. The van der Waals surface area contributed by atoms with Crippen molar-refractivity contribution < 1.29 is 43.2 Å². The number of nitrogens with zero attached hydrogens (tertiary/aromatic N) is 2. The Morgan fingerprint density at radius 2 is 1.92 bits per heavy atom. The van der Waals surface area contributed by atoms with Gasteiger partial charge in [0.2, 0.25) is 5.91 Å². The van der Waals surface area contributed by atoms with Crippen molar-refractivity contribution in [3.05, 3.63) is 46.5 Å². The molecule has 4 rings (SSSR count). The van der Waals surface area contributed by atoms with E-state index in [-0.39, 0.29) is 29.8 Å².